The van der Waals surface area contributed by atoms with E-state index in [-0.39, 0.29) is 17.0 Å². The summed E-state index contributed by atoms with van der Waals surface area (Å²) in [6, 6.07) is 9.21. The molecule has 20 heavy (non-hydrogen) atoms. The smallest absolute Gasteiger partial charge is 0.158 e. The Labute approximate surface area is 122 Å². The van der Waals surface area contributed by atoms with Gasteiger partial charge >= 0.3 is 0 Å². The maximum atomic E-state index is 12.6. The van der Waals surface area contributed by atoms with Crippen LogP contribution in [0.25, 0.3) is 0 Å². The summed E-state index contributed by atoms with van der Waals surface area (Å²) in [5.41, 5.74) is 6.96. The summed E-state index contributed by atoms with van der Waals surface area (Å²) in [6.45, 7) is 2.15. The second-order valence-electron chi connectivity index (χ2n) is 5.96. The van der Waals surface area contributed by atoms with Crippen molar-refractivity contribution in [2.75, 3.05) is 0 Å². The highest BCUT2D eigenvalue weighted by atomic mass is 32.2. The van der Waals surface area contributed by atoms with Crippen molar-refractivity contribution in [1.82, 2.24) is 0 Å². The van der Waals surface area contributed by atoms with Crippen LogP contribution in [0.15, 0.2) is 30.3 Å². The highest BCUT2D eigenvalue weighted by Gasteiger charge is 2.36. The summed E-state index contributed by atoms with van der Waals surface area (Å²) in [5, 5.41) is -0.368. The molecule has 4 heteroatoms. The van der Waals surface area contributed by atoms with Crippen LogP contribution in [0.2, 0.25) is 0 Å². The Morgan fingerprint density at radius 3 is 2.55 bits per heavy atom. The largest absolute Gasteiger partial charge is 0.327 e. The summed E-state index contributed by atoms with van der Waals surface area (Å²) in [7, 11) is -3.16. The molecule has 0 aliphatic heterocycles. The van der Waals surface area contributed by atoms with Crippen LogP contribution in [0.1, 0.15) is 44.6 Å². The molecule has 1 saturated carbocycles. The van der Waals surface area contributed by atoms with Crippen molar-refractivity contribution >= 4 is 9.84 Å². The van der Waals surface area contributed by atoms with Crippen LogP contribution in [0.3, 0.4) is 0 Å². The summed E-state index contributed by atoms with van der Waals surface area (Å²) in [5.74, 6) is 0.640. The molecule has 2 rings (SSSR count). The van der Waals surface area contributed by atoms with Gasteiger partial charge in [-0.15, -0.1) is 0 Å². The molecule has 2 N–H and O–H groups in total. The van der Waals surface area contributed by atoms with Crippen molar-refractivity contribution in [3.05, 3.63) is 35.9 Å². The average Bonchev–Trinajstić information content (AvgIpc) is 2.42. The summed E-state index contributed by atoms with van der Waals surface area (Å²) in [6.07, 6.45) is 4.88. The van der Waals surface area contributed by atoms with Gasteiger partial charge in [0.2, 0.25) is 0 Å². The third-order valence-electron chi connectivity index (χ3n) is 4.32. The third kappa shape index (κ3) is 3.83. The highest BCUT2D eigenvalue weighted by Crippen LogP contribution is 2.32. The van der Waals surface area contributed by atoms with Gasteiger partial charge in [0.1, 0.15) is 0 Å². The van der Waals surface area contributed by atoms with Gasteiger partial charge in [0.15, 0.2) is 9.84 Å². The summed E-state index contributed by atoms with van der Waals surface area (Å²) < 4.78 is 25.3. The lowest BCUT2D eigenvalue weighted by atomic mass is 9.83. The Morgan fingerprint density at radius 2 is 1.90 bits per heavy atom. The SMILES string of the molecule is CCCC1CCC(N)C(S(=O)(=O)Cc2ccccc2)C1. The van der Waals surface area contributed by atoms with Crippen LogP contribution < -0.4 is 5.73 Å². The Bertz CT molecular complexity index is 513. The first-order chi connectivity index (χ1) is 9.53. The standard InChI is InChI=1S/C16H25NO2S/c1-2-6-13-9-10-15(17)16(11-13)20(18,19)12-14-7-4-3-5-8-14/h3-5,7-8,13,15-16H,2,6,9-12,17H2,1H3. The molecule has 1 aromatic carbocycles. The van der Waals surface area contributed by atoms with Crippen LogP contribution in [-0.2, 0) is 15.6 Å². The predicted molar refractivity (Wildman–Crippen MR) is 83.1 cm³/mol. The average molecular weight is 295 g/mol. The van der Waals surface area contributed by atoms with E-state index in [0.717, 1.165) is 37.7 Å². The number of hydrogen-bond acceptors (Lipinski definition) is 3. The van der Waals surface area contributed by atoms with E-state index in [1.54, 1.807) is 0 Å². The Morgan fingerprint density at radius 1 is 1.20 bits per heavy atom. The molecule has 3 atom stereocenters. The maximum absolute atomic E-state index is 12.6. The Hall–Kier alpha value is -0.870. The zero-order valence-corrected chi connectivity index (χ0v) is 13.0. The van der Waals surface area contributed by atoms with Crippen molar-refractivity contribution in [1.29, 1.82) is 0 Å². The number of sulfone groups is 1. The summed E-state index contributed by atoms with van der Waals surface area (Å²) in [4.78, 5) is 0. The van der Waals surface area contributed by atoms with Crippen molar-refractivity contribution < 1.29 is 8.42 Å². The second kappa shape index (κ2) is 6.72. The van der Waals surface area contributed by atoms with E-state index < -0.39 is 9.84 Å². The molecule has 1 aliphatic carbocycles. The van der Waals surface area contributed by atoms with Gasteiger partial charge in [-0.05, 0) is 30.7 Å². The molecule has 0 heterocycles. The van der Waals surface area contributed by atoms with E-state index in [9.17, 15) is 8.42 Å². The van der Waals surface area contributed by atoms with Gasteiger partial charge in [-0.2, -0.15) is 0 Å². The highest BCUT2D eigenvalue weighted by molar-refractivity contribution is 7.91. The van der Waals surface area contributed by atoms with Crippen molar-refractivity contribution in [2.24, 2.45) is 11.7 Å². The first kappa shape index (κ1) is 15.5. The molecule has 1 aliphatic rings. The van der Waals surface area contributed by atoms with E-state index in [1.807, 2.05) is 30.3 Å². The third-order valence-corrected chi connectivity index (χ3v) is 6.52. The molecule has 0 amide bonds. The van der Waals surface area contributed by atoms with Gasteiger partial charge in [0, 0.05) is 6.04 Å². The molecule has 112 valence electrons. The van der Waals surface area contributed by atoms with E-state index in [4.69, 9.17) is 5.73 Å². The first-order valence-corrected chi connectivity index (χ1v) is 9.25. The molecular formula is C16H25NO2S. The number of hydrogen-bond donors (Lipinski definition) is 1. The van der Waals surface area contributed by atoms with Crippen LogP contribution in [0, 0.1) is 5.92 Å². The molecule has 0 aromatic heterocycles. The normalized spacial score (nSPS) is 27.4. The van der Waals surface area contributed by atoms with Gasteiger partial charge in [-0.25, -0.2) is 8.42 Å². The van der Waals surface area contributed by atoms with E-state index in [1.165, 1.54) is 0 Å². The van der Waals surface area contributed by atoms with Crippen molar-refractivity contribution in [3.63, 3.8) is 0 Å². The first-order valence-electron chi connectivity index (χ1n) is 7.54. The number of benzene rings is 1. The minimum absolute atomic E-state index is 0.116. The monoisotopic (exact) mass is 295 g/mol. The lowest BCUT2D eigenvalue weighted by Gasteiger charge is -2.33. The van der Waals surface area contributed by atoms with Gasteiger partial charge in [0.05, 0.1) is 11.0 Å². The summed E-state index contributed by atoms with van der Waals surface area (Å²) >= 11 is 0. The molecular weight excluding hydrogens is 270 g/mol. The van der Waals surface area contributed by atoms with Gasteiger partial charge < -0.3 is 5.73 Å². The minimum atomic E-state index is -3.16. The zero-order valence-electron chi connectivity index (χ0n) is 12.2. The molecule has 1 fully saturated rings. The lowest BCUT2D eigenvalue weighted by molar-refractivity contribution is 0.309. The van der Waals surface area contributed by atoms with Crippen molar-refractivity contribution in [3.8, 4) is 0 Å². The predicted octanol–water partition coefficient (Wildman–Crippen LogP) is 2.90. The molecule has 0 saturated heterocycles. The van der Waals surface area contributed by atoms with Gasteiger partial charge in [-0.1, -0.05) is 50.1 Å². The maximum Gasteiger partial charge on any atom is 0.158 e. The topological polar surface area (TPSA) is 60.2 Å². The van der Waals surface area contributed by atoms with Crippen LogP contribution in [0.4, 0.5) is 0 Å². The minimum Gasteiger partial charge on any atom is -0.327 e. The molecule has 1 aromatic rings. The molecule has 0 radical (unpaired) electrons. The fraction of sp³-hybridized carbons (Fsp3) is 0.625. The molecule has 0 spiro atoms. The van der Waals surface area contributed by atoms with E-state index >= 15 is 0 Å². The van der Waals surface area contributed by atoms with Crippen LogP contribution in [-0.4, -0.2) is 19.7 Å². The quantitative estimate of drug-likeness (QED) is 0.908. The Balaban J connectivity index is 2.10. The van der Waals surface area contributed by atoms with E-state index in [2.05, 4.69) is 6.92 Å². The fourth-order valence-electron chi connectivity index (χ4n) is 3.23. The lowest BCUT2D eigenvalue weighted by Crippen LogP contribution is -2.45. The zero-order chi connectivity index (χ0) is 14.6. The van der Waals surface area contributed by atoms with Gasteiger partial charge in [-0.3, -0.25) is 0 Å². The number of rotatable bonds is 5. The van der Waals surface area contributed by atoms with Crippen molar-refractivity contribution in [2.45, 2.75) is 56.1 Å². The van der Waals surface area contributed by atoms with Crippen LogP contribution >= 0.6 is 0 Å². The number of nitrogens with two attached hydrogens (primary N) is 1. The molecule has 0 bridgehead atoms. The Kier molecular flexibility index (Phi) is 5.22. The van der Waals surface area contributed by atoms with Gasteiger partial charge in [0.25, 0.3) is 0 Å². The van der Waals surface area contributed by atoms with Crippen LogP contribution in [0.5, 0.6) is 0 Å². The fourth-order valence-corrected chi connectivity index (χ4v) is 5.34. The molecule has 3 unspecified atom stereocenters. The second-order valence-corrected chi connectivity index (χ2v) is 8.18. The van der Waals surface area contributed by atoms with E-state index in [0.29, 0.717) is 5.92 Å². The molecule has 3 nitrogen and oxygen atoms in total.